The van der Waals surface area contributed by atoms with Crippen LogP contribution < -0.4 is 10.6 Å². The van der Waals surface area contributed by atoms with E-state index >= 15 is 0 Å². The van der Waals surface area contributed by atoms with E-state index in [9.17, 15) is 0 Å². The number of nitrogens with two attached hydrogens (primary N) is 1. The molecule has 1 heterocycles. The van der Waals surface area contributed by atoms with Gasteiger partial charge in [0.2, 0.25) is 0 Å². The van der Waals surface area contributed by atoms with Gasteiger partial charge in [-0.2, -0.15) is 0 Å². The third kappa shape index (κ3) is 3.58. The molecule has 0 aliphatic carbocycles. The first kappa shape index (κ1) is 14.5. The summed E-state index contributed by atoms with van der Waals surface area (Å²) in [5.41, 5.74) is 9.98. The van der Waals surface area contributed by atoms with Crippen molar-refractivity contribution < 1.29 is 0 Å². The molecule has 20 heavy (non-hydrogen) atoms. The van der Waals surface area contributed by atoms with Gasteiger partial charge in [0.25, 0.3) is 0 Å². The number of rotatable bonds is 6. The Morgan fingerprint density at radius 3 is 2.55 bits per heavy atom. The van der Waals surface area contributed by atoms with Crippen LogP contribution >= 0.6 is 0 Å². The van der Waals surface area contributed by atoms with Crippen LogP contribution in [0, 0.1) is 0 Å². The average molecular weight is 269 g/mol. The number of anilines is 1. The highest BCUT2D eigenvalue weighted by Gasteiger charge is 2.11. The first-order valence-electron chi connectivity index (χ1n) is 7.17. The summed E-state index contributed by atoms with van der Waals surface area (Å²) in [5.74, 6) is 0. The van der Waals surface area contributed by atoms with Crippen LogP contribution in [0.1, 0.15) is 30.5 Å². The minimum absolute atomic E-state index is 0.106. The van der Waals surface area contributed by atoms with Crippen molar-refractivity contribution in [3.8, 4) is 0 Å². The second-order valence-corrected chi connectivity index (χ2v) is 5.10. The lowest BCUT2D eigenvalue weighted by Crippen LogP contribution is -2.23. The SMILES string of the molecule is CC[C@H](N)c1ccccc1N(C)CCc1ccncc1. The van der Waals surface area contributed by atoms with Crippen molar-refractivity contribution in [2.45, 2.75) is 25.8 Å². The zero-order valence-electron chi connectivity index (χ0n) is 12.3. The molecule has 0 unspecified atom stereocenters. The largest absolute Gasteiger partial charge is 0.374 e. The van der Waals surface area contributed by atoms with Crippen molar-refractivity contribution in [3.63, 3.8) is 0 Å². The van der Waals surface area contributed by atoms with Gasteiger partial charge in [-0.1, -0.05) is 25.1 Å². The summed E-state index contributed by atoms with van der Waals surface area (Å²) in [5, 5.41) is 0. The quantitative estimate of drug-likeness (QED) is 0.876. The van der Waals surface area contributed by atoms with Crippen molar-refractivity contribution in [2.75, 3.05) is 18.5 Å². The van der Waals surface area contributed by atoms with Gasteiger partial charge < -0.3 is 10.6 Å². The van der Waals surface area contributed by atoms with Gasteiger partial charge in [-0.15, -0.1) is 0 Å². The zero-order chi connectivity index (χ0) is 14.4. The second kappa shape index (κ2) is 7.06. The third-order valence-corrected chi connectivity index (χ3v) is 3.67. The number of hydrogen-bond donors (Lipinski definition) is 1. The highest BCUT2D eigenvalue weighted by Crippen LogP contribution is 2.26. The monoisotopic (exact) mass is 269 g/mol. The maximum absolute atomic E-state index is 6.21. The standard InChI is InChI=1S/C17H23N3/c1-3-16(18)15-6-4-5-7-17(15)20(2)13-10-14-8-11-19-12-9-14/h4-9,11-12,16H,3,10,13,18H2,1-2H3/t16-/m0/s1. The lowest BCUT2D eigenvalue weighted by atomic mass is 10.0. The fourth-order valence-electron chi connectivity index (χ4n) is 2.34. The molecule has 0 aliphatic rings. The maximum Gasteiger partial charge on any atom is 0.0412 e. The van der Waals surface area contributed by atoms with E-state index in [1.54, 1.807) is 0 Å². The van der Waals surface area contributed by atoms with Crippen LogP contribution in [0.5, 0.6) is 0 Å². The molecule has 3 nitrogen and oxygen atoms in total. The molecule has 3 heteroatoms. The van der Waals surface area contributed by atoms with Crippen molar-refractivity contribution in [3.05, 3.63) is 59.9 Å². The molecule has 2 aromatic rings. The molecule has 0 bridgehead atoms. The first-order chi connectivity index (χ1) is 9.72. The predicted octanol–water partition coefficient (Wildman–Crippen LogP) is 3.17. The van der Waals surface area contributed by atoms with E-state index in [-0.39, 0.29) is 6.04 Å². The highest BCUT2D eigenvalue weighted by atomic mass is 15.1. The molecule has 0 fully saturated rings. The Balaban J connectivity index is 2.07. The Bertz CT molecular complexity index is 525. The summed E-state index contributed by atoms with van der Waals surface area (Å²) in [6, 6.07) is 12.7. The maximum atomic E-state index is 6.21. The molecule has 0 amide bonds. The molecule has 0 radical (unpaired) electrons. The van der Waals surface area contributed by atoms with E-state index in [0.717, 1.165) is 19.4 Å². The van der Waals surface area contributed by atoms with Gasteiger partial charge in [0.1, 0.15) is 0 Å². The topological polar surface area (TPSA) is 42.1 Å². The van der Waals surface area contributed by atoms with E-state index < -0.39 is 0 Å². The van der Waals surface area contributed by atoms with Crippen molar-refractivity contribution in [2.24, 2.45) is 5.73 Å². The number of pyridine rings is 1. The fourth-order valence-corrected chi connectivity index (χ4v) is 2.34. The molecule has 0 saturated heterocycles. The summed E-state index contributed by atoms with van der Waals surface area (Å²) in [6.45, 7) is 3.09. The van der Waals surface area contributed by atoms with Crippen LogP contribution in [0.15, 0.2) is 48.8 Å². The molecule has 1 aromatic heterocycles. The van der Waals surface area contributed by atoms with Gasteiger partial charge in [0.15, 0.2) is 0 Å². The average Bonchev–Trinajstić information content (AvgIpc) is 2.52. The van der Waals surface area contributed by atoms with Crippen LogP contribution in [0.4, 0.5) is 5.69 Å². The van der Waals surface area contributed by atoms with Gasteiger partial charge in [-0.05, 0) is 42.2 Å². The van der Waals surface area contributed by atoms with E-state index in [1.165, 1.54) is 16.8 Å². The smallest absolute Gasteiger partial charge is 0.0412 e. The summed E-state index contributed by atoms with van der Waals surface area (Å²) < 4.78 is 0. The van der Waals surface area contributed by atoms with Gasteiger partial charge in [-0.3, -0.25) is 4.98 Å². The molecule has 2 N–H and O–H groups in total. The normalized spacial score (nSPS) is 12.2. The number of likely N-dealkylation sites (N-methyl/N-ethyl adjacent to an activating group) is 1. The number of para-hydroxylation sites is 1. The van der Waals surface area contributed by atoms with Gasteiger partial charge in [0.05, 0.1) is 0 Å². The number of aromatic nitrogens is 1. The Morgan fingerprint density at radius 1 is 1.15 bits per heavy atom. The molecule has 1 atom stereocenters. The Hall–Kier alpha value is -1.87. The van der Waals surface area contributed by atoms with Crippen LogP contribution in [0.3, 0.4) is 0 Å². The zero-order valence-corrected chi connectivity index (χ0v) is 12.3. The molecular weight excluding hydrogens is 246 g/mol. The van der Waals surface area contributed by atoms with Crippen LogP contribution in [-0.4, -0.2) is 18.6 Å². The molecule has 106 valence electrons. The third-order valence-electron chi connectivity index (χ3n) is 3.67. The number of hydrogen-bond acceptors (Lipinski definition) is 3. The molecule has 0 aliphatic heterocycles. The van der Waals surface area contributed by atoms with Crippen LogP contribution in [0.2, 0.25) is 0 Å². The lowest BCUT2D eigenvalue weighted by Gasteiger charge is -2.24. The molecule has 0 spiro atoms. The summed E-state index contributed by atoms with van der Waals surface area (Å²) in [7, 11) is 2.13. The lowest BCUT2D eigenvalue weighted by molar-refractivity contribution is 0.694. The Labute approximate surface area is 121 Å². The molecular formula is C17H23N3. The summed E-state index contributed by atoms with van der Waals surface area (Å²) in [4.78, 5) is 6.33. The summed E-state index contributed by atoms with van der Waals surface area (Å²) >= 11 is 0. The Kier molecular flexibility index (Phi) is 5.13. The van der Waals surface area contributed by atoms with Crippen molar-refractivity contribution in [1.29, 1.82) is 0 Å². The fraction of sp³-hybridized carbons (Fsp3) is 0.353. The Morgan fingerprint density at radius 2 is 1.85 bits per heavy atom. The molecule has 1 aromatic carbocycles. The molecule has 0 saturated carbocycles. The molecule has 2 rings (SSSR count). The van der Waals surface area contributed by atoms with Gasteiger partial charge >= 0.3 is 0 Å². The van der Waals surface area contributed by atoms with E-state index in [1.807, 2.05) is 12.4 Å². The number of nitrogens with zero attached hydrogens (tertiary/aromatic N) is 2. The summed E-state index contributed by atoms with van der Waals surface area (Å²) in [6.07, 6.45) is 5.65. The van der Waals surface area contributed by atoms with E-state index in [2.05, 4.69) is 60.3 Å². The highest BCUT2D eigenvalue weighted by molar-refractivity contribution is 5.54. The first-order valence-corrected chi connectivity index (χ1v) is 7.17. The van der Waals surface area contributed by atoms with Crippen LogP contribution in [0.25, 0.3) is 0 Å². The van der Waals surface area contributed by atoms with Crippen molar-refractivity contribution in [1.82, 2.24) is 4.98 Å². The van der Waals surface area contributed by atoms with Gasteiger partial charge in [0, 0.05) is 37.7 Å². The minimum atomic E-state index is 0.106. The van der Waals surface area contributed by atoms with E-state index in [0.29, 0.717) is 0 Å². The number of benzene rings is 1. The van der Waals surface area contributed by atoms with Crippen molar-refractivity contribution >= 4 is 5.69 Å². The van der Waals surface area contributed by atoms with Gasteiger partial charge in [-0.25, -0.2) is 0 Å². The minimum Gasteiger partial charge on any atom is -0.374 e. The predicted molar refractivity (Wildman–Crippen MR) is 84.9 cm³/mol. The second-order valence-electron chi connectivity index (χ2n) is 5.10. The van der Waals surface area contributed by atoms with Crippen LogP contribution in [-0.2, 0) is 6.42 Å². The van der Waals surface area contributed by atoms with E-state index in [4.69, 9.17) is 5.73 Å².